The fourth-order valence-corrected chi connectivity index (χ4v) is 1.92. The summed E-state index contributed by atoms with van der Waals surface area (Å²) in [4.78, 5) is 25.7. The van der Waals surface area contributed by atoms with E-state index < -0.39 is 5.97 Å². The summed E-state index contributed by atoms with van der Waals surface area (Å²) in [6.45, 7) is 2.23. The smallest absolute Gasteiger partial charge is 0.313 e. The zero-order valence-electron chi connectivity index (χ0n) is 10.7. The van der Waals surface area contributed by atoms with E-state index in [1.54, 1.807) is 6.92 Å². The van der Waals surface area contributed by atoms with Crippen molar-refractivity contribution in [1.29, 1.82) is 0 Å². The van der Waals surface area contributed by atoms with Crippen molar-refractivity contribution in [2.24, 2.45) is 0 Å². The molecule has 0 fully saturated rings. The van der Waals surface area contributed by atoms with Gasteiger partial charge in [0.05, 0.1) is 5.75 Å². The molecule has 0 aliphatic heterocycles. The highest BCUT2D eigenvalue weighted by atomic mass is 32.2. The van der Waals surface area contributed by atoms with Crippen molar-refractivity contribution in [3.05, 3.63) is 11.7 Å². The van der Waals surface area contributed by atoms with Gasteiger partial charge in [-0.3, -0.25) is 9.59 Å². The molecule has 1 aromatic rings. The Morgan fingerprint density at radius 3 is 2.89 bits per heavy atom. The number of carbonyl (C=O) groups excluding carboxylic acids is 1. The molecule has 1 heterocycles. The molecule has 1 amide bonds. The molecular formula is C11H17N3O4S. The number of hydrogen-bond acceptors (Lipinski definition) is 6. The lowest BCUT2D eigenvalue weighted by molar-refractivity contribution is -0.133. The first-order valence-electron chi connectivity index (χ1n) is 5.93. The third kappa shape index (κ3) is 7.45. The first-order chi connectivity index (χ1) is 9.08. The minimum atomic E-state index is -0.842. The Morgan fingerprint density at radius 1 is 1.47 bits per heavy atom. The average Bonchev–Trinajstić information content (AvgIpc) is 2.74. The molecular weight excluding hydrogens is 270 g/mol. The summed E-state index contributed by atoms with van der Waals surface area (Å²) in [5.41, 5.74) is 0. The number of aryl methyl sites for hydroxylation is 2. The summed E-state index contributed by atoms with van der Waals surface area (Å²) in [6.07, 6.45) is 1.63. The predicted octanol–water partition coefficient (Wildman–Crippen LogP) is 0.635. The topological polar surface area (TPSA) is 105 Å². The molecule has 0 unspecified atom stereocenters. The van der Waals surface area contributed by atoms with Gasteiger partial charge in [-0.25, -0.2) is 0 Å². The molecule has 106 valence electrons. The Morgan fingerprint density at radius 2 is 2.26 bits per heavy atom. The number of carboxylic acid groups (broad SMARTS) is 1. The van der Waals surface area contributed by atoms with Gasteiger partial charge in [0, 0.05) is 25.1 Å². The minimum Gasteiger partial charge on any atom is -0.481 e. The van der Waals surface area contributed by atoms with Crippen molar-refractivity contribution < 1.29 is 19.2 Å². The summed E-state index contributed by atoms with van der Waals surface area (Å²) < 4.78 is 4.93. The van der Waals surface area contributed by atoms with E-state index in [1.807, 2.05) is 0 Å². The highest BCUT2D eigenvalue weighted by Gasteiger charge is 2.05. The molecule has 0 aliphatic carbocycles. The van der Waals surface area contributed by atoms with Crippen molar-refractivity contribution in [2.75, 3.05) is 18.1 Å². The van der Waals surface area contributed by atoms with Gasteiger partial charge in [-0.2, -0.15) is 4.98 Å². The first-order valence-corrected chi connectivity index (χ1v) is 7.09. The second-order valence-corrected chi connectivity index (χ2v) is 4.99. The third-order valence-corrected chi connectivity index (χ3v) is 3.10. The number of hydrogen-bond donors (Lipinski definition) is 2. The Labute approximate surface area is 115 Å². The number of aromatic nitrogens is 2. The van der Waals surface area contributed by atoms with Crippen LogP contribution in [-0.2, 0) is 16.0 Å². The van der Waals surface area contributed by atoms with Crippen LogP contribution in [0.2, 0.25) is 0 Å². The molecule has 0 atom stereocenters. The fraction of sp³-hybridized carbons (Fsp3) is 0.636. The van der Waals surface area contributed by atoms with Crippen LogP contribution in [0.3, 0.4) is 0 Å². The molecule has 0 aliphatic rings. The molecule has 2 N–H and O–H groups in total. The molecule has 7 nitrogen and oxygen atoms in total. The molecule has 8 heteroatoms. The molecule has 0 saturated heterocycles. The maximum atomic E-state index is 11.4. The number of nitrogens with zero attached hydrogens (tertiary/aromatic N) is 2. The molecule has 1 rings (SSSR count). The van der Waals surface area contributed by atoms with E-state index in [9.17, 15) is 9.59 Å². The average molecular weight is 287 g/mol. The van der Waals surface area contributed by atoms with Crippen LogP contribution < -0.4 is 5.32 Å². The number of nitrogens with one attached hydrogen (secondary N) is 1. The summed E-state index contributed by atoms with van der Waals surface area (Å²) in [7, 11) is 0. The number of amides is 1. The number of carboxylic acids is 1. The highest BCUT2D eigenvalue weighted by molar-refractivity contribution is 7.99. The monoisotopic (exact) mass is 287 g/mol. The van der Waals surface area contributed by atoms with Gasteiger partial charge in [-0.15, -0.1) is 11.8 Å². The molecule has 0 spiro atoms. The van der Waals surface area contributed by atoms with Gasteiger partial charge in [0.25, 0.3) is 0 Å². The second-order valence-electron chi connectivity index (χ2n) is 3.89. The number of rotatable bonds is 9. The van der Waals surface area contributed by atoms with Gasteiger partial charge in [0.2, 0.25) is 11.8 Å². The first kappa shape index (κ1) is 15.5. The predicted molar refractivity (Wildman–Crippen MR) is 69.9 cm³/mol. The van der Waals surface area contributed by atoms with Crippen molar-refractivity contribution in [2.45, 2.75) is 26.2 Å². The summed E-state index contributed by atoms with van der Waals surface area (Å²) in [5, 5.41) is 14.8. The van der Waals surface area contributed by atoms with Crippen molar-refractivity contribution in [1.82, 2.24) is 15.5 Å². The van der Waals surface area contributed by atoms with E-state index in [0.717, 1.165) is 0 Å². The standard InChI is InChI=1S/C11H17N3O4S/c1-8-13-10(18-14-8)4-2-3-9(15)12-5-6-19-7-11(16)17/h2-7H2,1H3,(H,12,15)(H,16,17). The molecule has 19 heavy (non-hydrogen) atoms. The van der Waals surface area contributed by atoms with Gasteiger partial charge in [0.1, 0.15) is 0 Å². The molecule has 0 aromatic carbocycles. The van der Waals surface area contributed by atoms with E-state index in [0.29, 0.717) is 43.3 Å². The van der Waals surface area contributed by atoms with Crippen molar-refractivity contribution in [3.8, 4) is 0 Å². The lowest BCUT2D eigenvalue weighted by atomic mass is 10.2. The normalized spacial score (nSPS) is 10.4. The van der Waals surface area contributed by atoms with E-state index in [1.165, 1.54) is 11.8 Å². The SMILES string of the molecule is Cc1noc(CCCC(=O)NCCSCC(=O)O)n1. The largest absolute Gasteiger partial charge is 0.481 e. The number of carbonyl (C=O) groups is 2. The zero-order valence-corrected chi connectivity index (χ0v) is 11.5. The fourth-order valence-electron chi connectivity index (χ4n) is 1.35. The number of aliphatic carboxylic acids is 1. The van der Waals surface area contributed by atoms with E-state index >= 15 is 0 Å². The lowest BCUT2D eigenvalue weighted by Gasteiger charge is -2.03. The Bertz CT molecular complexity index is 422. The summed E-state index contributed by atoms with van der Waals surface area (Å²) in [6, 6.07) is 0. The van der Waals surface area contributed by atoms with E-state index in [2.05, 4.69) is 15.5 Å². The van der Waals surface area contributed by atoms with Crippen LogP contribution >= 0.6 is 11.8 Å². The van der Waals surface area contributed by atoms with Gasteiger partial charge in [-0.1, -0.05) is 5.16 Å². The van der Waals surface area contributed by atoms with Crippen LogP contribution in [0.25, 0.3) is 0 Å². The maximum Gasteiger partial charge on any atom is 0.313 e. The highest BCUT2D eigenvalue weighted by Crippen LogP contribution is 2.02. The van der Waals surface area contributed by atoms with Crippen LogP contribution in [0.4, 0.5) is 0 Å². The van der Waals surface area contributed by atoms with Gasteiger partial charge >= 0.3 is 5.97 Å². The molecule has 0 saturated carbocycles. The second kappa shape index (κ2) is 8.52. The zero-order chi connectivity index (χ0) is 14.1. The maximum absolute atomic E-state index is 11.4. The van der Waals surface area contributed by atoms with Gasteiger partial charge < -0.3 is 14.9 Å². The third-order valence-electron chi connectivity index (χ3n) is 2.16. The Hall–Kier alpha value is -1.57. The lowest BCUT2D eigenvalue weighted by Crippen LogP contribution is -2.25. The Balaban J connectivity index is 2.00. The van der Waals surface area contributed by atoms with E-state index in [-0.39, 0.29) is 11.7 Å². The van der Waals surface area contributed by atoms with Crippen LogP contribution in [0.1, 0.15) is 24.6 Å². The minimum absolute atomic E-state index is 0.0489. The molecule has 0 bridgehead atoms. The molecule has 0 radical (unpaired) electrons. The summed E-state index contributed by atoms with van der Waals surface area (Å²) >= 11 is 1.28. The summed E-state index contributed by atoms with van der Waals surface area (Å²) in [5.74, 6) is 0.906. The van der Waals surface area contributed by atoms with Crippen molar-refractivity contribution in [3.63, 3.8) is 0 Å². The van der Waals surface area contributed by atoms with Crippen LogP contribution in [0.5, 0.6) is 0 Å². The van der Waals surface area contributed by atoms with E-state index in [4.69, 9.17) is 9.63 Å². The van der Waals surface area contributed by atoms with Crippen molar-refractivity contribution >= 4 is 23.6 Å². The molecule has 1 aromatic heterocycles. The quantitative estimate of drug-likeness (QED) is 0.642. The van der Waals surface area contributed by atoms with Crippen LogP contribution in [0, 0.1) is 6.92 Å². The van der Waals surface area contributed by atoms with Gasteiger partial charge in [-0.05, 0) is 13.3 Å². The Kier molecular flexibility index (Phi) is 6.94. The van der Waals surface area contributed by atoms with Gasteiger partial charge in [0.15, 0.2) is 5.82 Å². The van der Waals surface area contributed by atoms with Crippen LogP contribution in [0.15, 0.2) is 4.52 Å². The van der Waals surface area contributed by atoms with Crippen LogP contribution in [-0.4, -0.2) is 45.2 Å². The number of thioether (sulfide) groups is 1.